The zero-order valence-electron chi connectivity index (χ0n) is 15.3. The molecule has 0 bridgehead atoms. The Morgan fingerprint density at radius 1 is 1.03 bits per heavy atom. The fourth-order valence-corrected chi connectivity index (χ4v) is 3.71. The Kier molecular flexibility index (Phi) is 7.77. The molecule has 0 aliphatic rings. The van der Waals surface area contributed by atoms with Gasteiger partial charge in [0.2, 0.25) is 10.0 Å². The summed E-state index contributed by atoms with van der Waals surface area (Å²) < 4.78 is 63.9. The summed E-state index contributed by atoms with van der Waals surface area (Å²) in [6.45, 7) is -1.52. The van der Waals surface area contributed by atoms with E-state index in [2.05, 4.69) is 4.72 Å². The number of halogens is 3. The molecule has 0 heterocycles. The molecule has 0 aliphatic carbocycles. The number of sulfonamides is 1. The summed E-state index contributed by atoms with van der Waals surface area (Å²) in [5.41, 5.74) is 0.788. The number of hydrogen-bond donors (Lipinski definition) is 3. The lowest BCUT2D eigenvalue weighted by Gasteiger charge is -2.17. The summed E-state index contributed by atoms with van der Waals surface area (Å²) >= 11 is 0. The van der Waals surface area contributed by atoms with Crippen molar-refractivity contribution in [2.75, 3.05) is 19.7 Å². The highest BCUT2D eigenvalue weighted by molar-refractivity contribution is 7.89. The van der Waals surface area contributed by atoms with E-state index >= 15 is 0 Å². The SMILES string of the molecule is O=C(NCC(F)(F)F)c1ccc(S(=O)(=O)NC[C@H](CCO)c2ccccc2)cc1. The standard InChI is InChI=1S/C19H21F3N2O4S/c20-19(21,22)13-23-18(26)15-6-8-17(9-7-15)29(27,28)24-12-16(10-11-25)14-4-2-1-3-5-14/h1-9,16,24-25H,10-13H2,(H,23,26)/t16-/m0/s1. The van der Waals surface area contributed by atoms with Crippen LogP contribution in [0, 0.1) is 0 Å². The number of carbonyl (C=O) groups excluding carboxylic acids is 1. The molecule has 0 saturated carbocycles. The lowest BCUT2D eigenvalue weighted by atomic mass is 9.96. The topological polar surface area (TPSA) is 95.5 Å². The molecule has 0 unspecified atom stereocenters. The van der Waals surface area contributed by atoms with Crippen LogP contribution in [-0.4, -0.2) is 45.3 Å². The molecular formula is C19H21F3N2O4S. The van der Waals surface area contributed by atoms with Gasteiger partial charge in [0, 0.05) is 18.7 Å². The Morgan fingerprint density at radius 2 is 1.66 bits per heavy atom. The maximum Gasteiger partial charge on any atom is 0.405 e. The van der Waals surface area contributed by atoms with Gasteiger partial charge in [-0.05, 0) is 42.2 Å². The smallest absolute Gasteiger partial charge is 0.396 e. The largest absolute Gasteiger partial charge is 0.405 e. The molecule has 0 aromatic heterocycles. The van der Waals surface area contributed by atoms with Gasteiger partial charge in [0.25, 0.3) is 5.91 Å². The van der Waals surface area contributed by atoms with E-state index in [1.54, 1.807) is 5.32 Å². The summed E-state index contributed by atoms with van der Waals surface area (Å²) in [7, 11) is -3.90. The Balaban J connectivity index is 2.04. The van der Waals surface area contributed by atoms with Gasteiger partial charge in [-0.1, -0.05) is 30.3 Å². The van der Waals surface area contributed by atoms with Gasteiger partial charge >= 0.3 is 6.18 Å². The van der Waals surface area contributed by atoms with Crippen LogP contribution in [-0.2, 0) is 10.0 Å². The van der Waals surface area contributed by atoms with Crippen LogP contribution >= 0.6 is 0 Å². The van der Waals surface area contributed by atoms with E-state index in [1.165, 1.54) is 0 Å². The zero-order chi connectivity index (χ0) is 21.5. The van der Waals surface area contributed by atoms with Gasteiger partial charge in [0.1, 0.15) is 6.54 Å². The van der Waals surface area contributed by atoms with Crippen LogP contribution in [0.5, 0.6) is 0 Å². The van der Waals surface area contributed by atoms with Crippen molar-refractivity contribution in [2.24, 2.45) is 0 Å². The van der Waals surface area contributed by atoms with Gasteiger partial charge in [-0.2, -0.15) is 13.2 Å². The number of nitrogens with one attached hydrogen (secondary N) is 2. The lowest BCUT2D eigenvalue weighted by molar-refractivity contribution is -0.123. The first kappa shape index (κ1) is 22.9. The number of amides is 1. The molecule has 3 N–H and O–H groups in total. The van der Waals surface area contributed by atoms with Gasteiger partial charge < -0.3 is 10.4 Å². The third kappa shape index (κ3) is 7.15. The maximum atomic E-state index is 12.5. The molecule has 29 heavy (non-hydrogen) atoms. The van der Waals surface area contributed by atoms with E-state index in [9.17, 15) is 31.5 Å². The third-order valence-electron chi connectivity index (χ3n) is 4.14. The normalized spacial score (nSPS) is 13.1. The first-order chi connectivity index (χ1) is 13.6. The van der Waals surface area contributed by atoms with Crippen molar-refractivity contribution in [3.63, 3.8) is 0 Å². The molecule has 158 valence electrons. The second-order valence-electron chi connectivity index (χ2n) is 6.29. The summed E-state index contributed by atoms with van der Waals surface area (Å²) in [5, 5.41) is 11.0. The Hall–Kier alpha value is -2.43. The highest BCUT2D eigenvalue weighted by Gasteiger charge is 2.28. The Morgan fingerprint density at radius 3 is 2.21 bits per heavy atom. The van der Waals surface area contributed by atoms with Crippen molar-refractivity contribution in [1.82, 2.24) is 10.0 Å². The van der Waals surface area contributed by atoms with Crippen molar-refractivity contribution >= 4 is 15.9 Å². The Bertz CT molecular complexity index is 901. The predicted molar refractivity (Wildman–Crippen MR) is 101 cm³/mol. The second kappa shape index (κ2) is 9.86. The average molecular weight is 430 g/mol. The molecular weight excluding hydrogens is 409 g/mol. The van der Waals surface area contributed by atoms with E-state index in [4.69, 9.17) is 0 Å². The molecule has 0 fully saturated rings. The van der Waals surface area contributed by atoms with Gasteiger partial charge in [-0.3, -0.25) is 4.79 Å². The summed E-state index contributed by atoms with van der Waals surface area (Å²) in [4.78, 5) is 11.6. The molecule has 0 spiro atoms. The number of aliphatic hydroxyl groups is 1. The summed E-state index contributed by atoms with van der Waals surface area (Å²) in [5.74, 6) is -1.19. The number of hydrogen-bond acceptors (Lipinski definition) is 4. The van der Waals surface area contributed by atoms with Crippen LogP contribution in [0.4, 0.5) is 13.2 Å². The minimum Gasteiger partial charge on any atom is -0.396 e. The van der Waals surface area contributed by atoms with Crippen molar-refractivity contribution in [1.29, 1.82) is 0 Å². The third-order valence-corrected chi connectivity index (χ3v) is 5.58. The number of carbonyl (C=O) groups is 1. The highest BCUT2D eigenvalue weighted by atomic mass is 32.2. The highest BCUT2D eigenvalue weighted by Crippen LogP contribution is 2.20. The zero-order valence-corrected chi connectivity index (χ0v) is 16.1. The van der Waals surface area contributed by atoms with Crippen LogP contribution in [0.3, 0.4) is 0 Å². The number of aliphatic hydroxyl groups excluding tert-OH is 1. The first-order valence-electron chi connectivity index (χ1n) is 8.73. The molecule has 0 saturated heterocycles. The number of rotatable bonds is 9. The minimum atomic E-state index is -4.53. The number of benzene rings is 2. The van der Waals surface area contributed by atoms with Crippen LogP contribution in [0.15, 0.2) is 59.5 Å². The van der Waals surface area contributed by atoms with E-state index in [-0.39, 0.29) is 29.5 Å². The quantitative estimate of drug-likeness (QED) is 0.569. The molecule has 10 heteroatoms. The molecule has 0 radical (unpaired) electrons. The van der Waals surface area contributed by atoms with E-state index in [1.807, 2.05) is 30.3 Å². The molecule has 1 amide bonds. The van der Waals surface area contributed by atoms with Crippen molar-refractivity contribution in [3.8, 4) is 0 Å². The van der Waals surface area contributed by atoms with E-state index < -0.39 is 28.7 Å². The maximum absolute atomic E-state index is 12.5. The van der Waals surface area contributed by atoms with Crippen LogP contribution < -0.4 is 10.0 Å². The van der Waals surface area contributed by atoms with E-state index in [0.717, 1.165) is 29.8 Å². The number of alkyl halides is 3. The summed E-state index contributed by atoms with van der Waals surface area (Å²) in [6.07, 6.45) is -4.17. The van der Waals surface area contributed by atoms with Crippen LogP contribution in [0.25, 0.3) is 0 Å². The van der Waals surface area contributed by atoms with Crippen LogP contribution in [0.2, 0.25) is 0 Å². The molecule has 1 atom stereocenters. The molecule has 2 aromatic carbocycles. The van der Waals surface area contributed by atoms with Crippen molar-refractivity contribution in [3.05, 3.63) is 65.7 Å². The fourth-order valence-electron chi connectivity index (χ4n) is 2.63. The van der Waals surface area contributed by atoms with E-state index in [0.29, 0.717) is 6.42 Å². The Labute approximate surface area is 166 Å². The van der Waals surface area contributed by atoms with Gasteiger partial charge in [-0.25, -0.2) is 13.1 Å². The fraction of sp³-hybridized carbons (Fsp3) is 0.316. The lowest BCUT2D eigenvalue weighted by Crippen LogP contribution is -2.33. The summed E-state index contributed by atoms with van der Waals surface area (Å²) in [6, 6.07) is 13.7. The average Bonchev–Trinajstić information content (AvgIpc) is 2.69. The van der Waals surface area contributed by atoms with Crippen LogP contribution in [0.1, 0.15) is 28.3 Å². The minimum absolute atomic E-state index is 0.0563. The first-order valence-corrected chi connectivity index (χ1v) is 10.2. The predicted octanol–water partition coefficient (Wildman–Crippen LogP) is 2.42. The molecule has 6 nitrogen and oxygen atoms in total. The van der Waals surface area contributed by atoms with Gasteiger partial charge in [0.15, 0.2) is 0 Å². The monoisotopic (exact) mass is 430 g/mol. The second-order valence-corrected chi connectivity index (χ2v) is 8.06. The van der Waals surface area contributed by atoms with Gasteiger partial charge in [0.05, 0.1) is 4.90 Å². The van der Waals surface area contributed by atoms with Crippen molar-refractivity contribution in [2.45, 2.75) is 23.4 Å². The van der Waals surface area contributed by atoms with Gasteiger partial charge in [-0.15, -0.1) is 0 Å². The molecule has 2 rings (SSSR count). The van der Waals surface area contributed by atoms with Crippen molar-refractivity contribution < 1.29 is 31.5 Å². The molecule has 2 aromatic rings. The molecule has 0 aliphatic heterocycles.